The van der Waals surface area contributed by atoms with E-state index in [9.17, 15) is 0 Å². The van der Waals surface area contributed by atoms with Crippen LogP contribution in [0, 0.1) is 0 Å². The van der Waals surface area contributed by atoms with E-state index in [-0.39, 0.29) is 0 Å². The van der Waals surface area contributed by atoms with Gasteiger partial charge in [0.15, 0.2) is 0 Å². The lowest BCUT2D eigenvalue weighted by Gasteiger charge is -2.25. The van der Waals surface area contributed by atoms with Crippen LogP contribution in [-0.4, -0.2) is 75.4 Å². The molecule has 2 heterocycles. The lowest BCUT2D eigenvalue weighted by Crippen LogP contribution is -2.37. The summed E-state index contributed by atoms with van der Waals surface area (Å²) in [5.74, 6) is 0. The predicted octanol–water partition coefficient (Wildman–Crippen LogP) is 1.17. The van der Waals surface area contributed by atoms with Crippen LogP contribution in [0.4, 0.5) is 0 Å². The van der Waals surface area contributed by atoms with Gasteiger partial charge in [0.2, 0.25) is 0 Å². The van der Waals surface area contributed by atoms with Gasteiger partial charge in [-0.1, -0.05) is 0 Å². The Kier molecular flexibility index (Phi) is 6.57. The molecule has 2 aliphatic heterocycles. The first-order valence-corrected chi connectivity index (χ1v) is 7.95. The van der Waals surface area contributed by atoms with Crippen molar-refractivity contribution in [3.05, 3.63) is 0 Å². The van der Waals surface area contributed by atoms with E-state index in [2.05, 4.69) is 22.2 Å². The fourth-order valence-corrected chi connectivity index (χ4v) is 3.47. The molecule has 2 rings (SSSR count). The molecule has 4 nitrogen and oxygen atoms in total. The van der Waals surface area contributed by atoms with Crippen molar-refractivity contribution < 1.29 is 4.74 Å². The zero-order chi connectivity index (χ0) is 13.5. The van der Waals surface area contributed by atoms with Crippen molar-refractivity contribution in [1.29, 1.82) is 0 Å². The minimum Gasteiger partial charge on any atom is -0.383 e. The number of rotatable bonds is 8. The Morgan fingerprint density at radius 1 is 1.11 bits per heavy atom. The van der Waals surface area contributed by atoms with E-state index in [1.54, 1.807) is 7.11 Å². The third-order valence-electron chi connectivity index (χ3n) is 4.79. The molecule has 0 spiro atoms. The molecule has 1 N–H and O–H groups in total. The van der Waals surface area contributed by atoms with Crippen molar-refractivity contribution in [3.8, 4) is 0 Å². The molecule has 4 heteroatoms. The highest BCUT2D eigenvalue weighted by molar-refractivity contribution is 4.90. The summed E-state index contributed by atoms with van der Waals surface area (Å²) in [4.78, 5) is 5.32. The molecule has 2 bridgehead atoms. The van der Waals surface area contributed by atoms with Gasteiger partial charge in [-0.05, 0) is 58.8 Å². The second-order valence-electron chi connectivity index (χ2n) is 6.09. The van der Waals surface area contributed by atoms with Gasteiger partial charge in [-0.25, -0.2) is 0 Å². The molecule has 0 aromatic heterocycles. The summed E-state index contributed by atoms with van der Waals surface area (Å²) in [6.45, 7) is 6.81. The largest absolute Gasteiger partial charge is 0.383 e. The first-order chi connectivity index (χ1) is 9.31. The third-order valence-corrected chi connectivity index (χ3v) is 4.79. The predicted molar refractivity (Wildman–Crippen MR) is 79.6 cm³/mol. The molecule has 2 fully saturated rings. The van der Waals surface area contributed by atoms with Crippen molar-refractivity contribution in [2.45, 2.75) is 44.2 Å². The summed E-state index contributed by atoms with van der Waals surface area (Å²) >= 11 is 0. The first-order valence-electron chi connectivity index (χ1n) is 7.95. The Hall–Kier alpha value is -0.160. The number of hydrogen-bond donors (Lipinski definition) is 1. The summed E-state index contributed by atoms with van der Waals surface area (Å²) < 4.78 is 5.02. The molecule has 112 valence electrons. The number of likely N-dealkylation sites (tertiary alicyclic amines) is 1. The smallest absolute Gasteiger partial charge is 0.0587 e. The molecule has 2 saturated heterocycles. The molecule has 0 saturated carbocycles. The van der Waals surface area contributed by atoms with Crippen LogP contribution >= 0.6 is 0 Å². The van der Waals surface area contributed by atoms with E-state index in [0.29, 0.717) is 0 Å². The Balaban J connectivity index is 1.54. The first kappa shape index (κ1) is 15.2. The minimum atomic E-state index is 0.821. The summed E-state index contributed by atoms with van der Waals surface area (Å²) in [5.41, 5.74) is 0. The van der Waals surface area contributed by atoms with Crippen molar-refractivity contribution in [2.24, 2.45) is 0 Å². The van der Waals surface area contributed by atoms with Crippen molar-refractivity contribution in [2.75, 3.05) is 53.5 Å². The highest BCUT2D eigenvalue weighted by Crippen LogP contribution is 2.28. The highest BCUT2D eigenvalue weighted by atomic mass is 16.5. The number of likely N-dealkylation sites (N-methyl/N-ethyl adjacent to an activating group) is 1. The molecule has 2 atom stereocenters. The van der Waals surface area contributed by atoms with E-state index in [1.807, 2.05) is 0 Å². The van der Waals surface area contributed by atoms with Gasteiger partial charge in [0.05, 0.1) is 6.61 Å². The van der Waals surface area contributed by atoms with Crippen LogP contribution in [0.1, 0.15) is 32.1 Å². The Bertz CT molecular complexity index is 250. The lowest BCUT2D eigenvalue weighted by molar-refractivity contribution is 0.198. The SMILES string of the molecule is COCCNCCCCN1CCC2CCC(C1)N2C. The molecule has 0 aromatic carbocycles. The average molecular weight is 269 g/mol. The third kappa shape index (κ3) is 4.71. The second-order valence-corrected chi connectivity index (χ2v) is 6.09. The van der Waals surface area contributed by atoms with Gasteiger partial charge in [-0.15, -0.1) is 0 Å². The summed E-state index contributed by atoms with van der Waals surface area (Å²) in [7, 11) is 4.08. The molecule has 0 radical (unpaired) electrons. The second kappa shape index (κ2) is 8.20. The van der Waals surface area contributed by atoms with Crippen LogP contribution < -0.4 is 5.32 Å². The van der Waals surface area contributed by atoms with E-state index < -0.39 is 0 Å². The quantitative estimate of drug-likeness (QED) is 0.670. The fourth-order valence-electron chi connectivity index (χ4n) is 3.47. The summed E-state index contributed by atoms with van der Waals surface area (Å²) in [6, 6.07) is 1.69. The molecule has 19 heavy (non-hydrogen) atoms. The van der Waals surface area contributed by atoms with Gasteiger partial charge < -0.3 is 15.0 Å². The number of ether oxygens (including phenoxy) is 1. The van der Waals surface area contributed by atoms with Crippen LogP contribution in [0.3, 0.4) is 0 Å². The molecule has 0 amide bonds. The van der Waals surface area contributed by atoms with E-state index in [1.165, 1.54) is 51.7 Å². The number of fused-ring (bicyclic) bond motifs is 2. The minimum absolute atomic E-state index is 0.821. The topological polar surface area (TPSA) is 27.7 Å². The van der Waals surface area contributed by atoms with Gasteiger partial charge >= 0.3 is 0 Å². The average Bonchev–Trinajstić information content (AvgIpc) is 2.65. The summed E-state index contributed by atoms with van der Waals surface area (Å²) in [5, 5.41) is 3.42. The maximum atomic E-state index is 5.02. The van der Waals surface area contributed by atoms with E-state index in [0.717, 1.165) is 31.8 Å². The molecule has 2 aliphatic rings. The van der Waals surface area contributed by atoms with Crippen LogP contribution in [0.25, 0.3) is 0 Å². The van der Waals surface area contributed by atoms with Crippen LogP contribution in [0.2, 0.25) is 0 Å². The van der Waals surface area contributed by atoms with Crippen molar-refractivity contribution >= 4 is 0 Å². The van der Waals surface area contributed by atoms with E-state index in [4.69, 9.17) is 4.74 Å². The normalized spacial score (nSPS) is 28.7. The van der Waals surface area contributed by atoms with Crippen LogP contribution in [-0.2, 0) is 4.74 Å². The molecule has 0 aliphatic carbocycles. The Labute approximate surface area is 118 Å². The van der Waals surface area contributed by atoms with Crippen molar-refractivity contribution in [1.82, 2.24) is 15.1 Å². The fraction of sp³-hybridized carbons (Fsp3) is 1.00. The van der Waals surface area contributed by atoms with Gasteiger partial charge in [0.25, 0.3) is 0 Å². The van der Waals surface area contributed by atoms with Crippen LogP contribution in [0.15, 0.2) is 0 Å². The summed E-state index contributed by atoms with van der Waals surface area (Å²) in [6.07, 6.45) is 6.82. The maximum absolute atomic E-state index is 5.02. The Morgan fingerprint density at radius 2 is 1.95 bits per heavy atom. The number of hydrogen-bond acceptors (Lipinski definition) is 4. The molecule has 2 unspecified atom stereocenters. The maximum Gasteiger partial charge on any atom is 0.0587 e. The van der Waals surface area contributed by atoms with E-state index >= 15 is 0 Å². The van der Waals surface area contributed by atoms with Gasteiger partial charge in [-0.2, -0.15) is 0 Å². The zero-order valence-electron chi connectivity index (χ0n) is 12.7. The molecule has 0 aromatic rings. The molecular formula is C15H31N3O. The number of nitrogens with zero attached hydrogens (tertiary/aromatic N) is 2. The Morgan fingerprint density at radius 3 is 2.79 bits per heavy atom. The van der Waals surface area contributed by atoms with Gasteiger partial charge in [-0.3, -0.25) is 4.90 Å². The molecular weight excluding hydrogens is 238 g/mol. The van der Waals surface area contributed by atoms with Gasteiger partial charge in [0.1, 0.15) is 0 Å². The standard InChI is InChI=1S/C15H31N3O/c1-17-14-5-6-15(17)13-18(11-7-14)10-4-3-8-16-9-12-19-2/h14-16H,3-13H2,1-2H3. The monoisotopic (exact) mass is 269 g/mol. The number of unbranched alkanes of at least 4 members (excludes halogenated alkanes) is 1. The van der Waals surface area contributed by atoms with Crippen LogP contribution in [0.5, 0.6) is 0 Å². The number of nitrogens with one attached hydrogen (secondary N) is 1. The number of methoxy groups -OCH3 is 1. The van der Waals surface area contributed by atoms with Gasteiger partial charge in [0, 0.05) is 32.3 Å². The zero-order valence-corrected chi connectivity index (χ0v) is 12.7. The van der Waals surface area contributed by atoms with Crippen molar-refractivity contribution in [3.63, 3.8) is 0 Å². The lowest BCUT2D eigenvalue weighted by atomic mass is 10.1. The highest BCUT2D eigenvalue weighted by Gasteiger charge is 2.34.